The molecule has 0 bridgehead atoms. The Kier molecular flexibility index (Phi) is 8.40. The summed E-state index contributed by atoms with van der Waals surface area (Å²) in [4.78, 5) is 13.8. The van der Waals surface area contributed by atoms with Crippen LogP contribution in [0.3, 0.4) is 0 Å². The number of pyridine rings is 1. The molecule has 0 aromatic carbocycles. The quantitative estimate of drug-likeness (QED) is 0.297. The van der Waals surface area contributed by atoms with Crippen LogP contribution in [0.1, 0.15) is 89.0 Å². The van der Waals surface area contributed by atoms with Gasteiger partial charge >= 0.3 is 0 Å². The van der Waals surface area contributed by atoms with E-state index in [0.717, 1.165) is 35.4 Å². The standard InChI is InChI=1S/C31H41N5/c1-7-9-10-11-15-26(22(5)24-13-12-14-24)27-18-28(33-19-25-16-17-32-20-34-25)31-30(35-27)23(6)29(8-2)36(31)21(3)4/h9-11,15-18,20-21,24H,7-8,12-14,19H2,1-6H3,(H,33,35)/b10-9+,15-11-,26-22-. The summed E-state index contributed by atoms with van der Waals surface area (Å²) in [6.45, 7) is 14.1. The van der Waals surface area contributed by atoms with E-state index in [2.05, 4.69) is 91.8 Å². The summed E-state index contributed by atoms with van der Waals surface area (Å²) >= 11 is 0. The lowest BCUT2D eigenvalue weighted by Gasteiger charge is -2.28. The van der Waals surface area contributed by atoms with E-state index >= 15 is 0 Å². The molecule has 190 valence electrons. The number of aromatic nitrogens is 4. The molecule has 0 aliphatic heterocycles. The van der Waals surface area contributed by atoms with Gasteiger partial charge in [-0.15, -0.1) is 0 Å². The van der Waals surface area contributed by atoms with Gasteiger partial charge in [0.05, 0.1) is 34.7 Å². The lowest BCUT2D eigenvalue weighted by atomic mass is 9.78. The normalized spacial score (nSPS) is 15.3. The second kappa shape index (κ2) is 11.7. The van der Waals surface area contributed by atoms with Crippen molar-refractivity contribution in [2.45, 2.75) is 86.2 Å². The Hall–Kier alpha value is -3.21. The van der Waals surface area contributed by atoms with Gasteiger partial charge in [-0.2, -0.15) is 0 Å². The molecule has 1 fully saturated rings. The van der Waals surface area contributed by atoms with E-state index in [1.807, 2.05) is 6.07 Å². The van der Waals surface area contributed by atoms with Crippen LogP contribution in [0.25, 0.3) is 16.6 Å². The average Bonchev–Trinajstić information content (AvgIpc) is 3.14. The van der Waals surface area contributed by atoms with Gasteiger partial charge < -0.3 is 9.88 Å². The fourth-order valence-electron chi connectivity index (χ4n) is 5.23. The van der Waals surface area contributed by atoms with Gasteiger partial charge in [0.15, 0.2) is 0 Å². The predicted octanol–water partition coefficient (Wildman–Crippen LogP) is 7.99. The van der Waals surface area contributed by atoms with E-state index in [0.29, 0.717) is 18.5 Å². The summed E-state index contributed by atoms with van der Waals surface area (Å²) in [5.41, 5.74) is 10.8. The van der Waals surface area contributed by atoms with E-state index in [9.17, 15) is 0 Å². The predicted molar refractivity (Wildman–Crippen MR) is 152 cm³/mol. The Morgan fingerprint density at radius 3 is 2.64 bits per heavy atom. The molecule has 5 nitrogen and oxygen atoms in total. The molecule has 3 aromatic heterocycles. The molecular formula is C31H41N5. The van der Waals surface area contributed by atoms with Crippen LogP contribution >= 0.6 is 0 Å². The number of nitrogens with one attached hydrogen (secondary N) is 1. The SMILES string of the molecule is CC/C=C/C=C\C(=C(/C)C1CCC1)c1cc(NCc2ccncn2)c2c(n1)c(C)c(CC)n2C(C)C. The molecule has 0 unspecified atom stereocenters. The second-order valence-corrected chi connectivity index (χ2v) is 10.1. The van der Waals surface area contributed by atoms with E-state index in [4.69, 9.17) is 4.98 Å². The number of fused-ring (bicyclic) bond motifs is 1. The van der Waals surface area contributed by atoms with Crippen LogP contribution in [0.5, 0.6) is 0 Å². The Morgan fingerprint density at radius 1 is 1.22 bits per heavy atom. The highest BCUT2D eigenvalue weighted by atomic mass is 15.1. The van der Waals surface area contributed by atoms with Gasteiger partial charge in [-0.3, -0.25) is 0 Å². The maximum atomic E-state index is 5.34. The van der Waals surface area contributed by atoms with E-state index in [1.165, 1.54) is 47.2 Å². The second-order valence-electron chi connectivity index (χ2n) is 10.1. The van der Waals surface area contributed by atoms with Crippen LogP contribution in [0, 0.1) is 12.8 Å². The maximum absolute atomic E-state index is 5.34. The number of rotatable bonds is 10. The Morgan fingerprint density at radius 2 is 2.03 bits per heavy atom. The van der Waals surface area contributed by atoms with Crippen molar-refractivity contribution in [3.8, 4) is 0 Å². The average molecular weight is 484 g/mol. The molecule has 0 amide bonds. The van der Waals surface area contributed by atoms with Gasteiger partial charge in [-0.25, -0.2) is 15.0 Å². The number of hydrogen-bond donors (Lipinski definition) is 1. The van der Waals surface area contributed by atoms with Crippen LogP contribution in [-0.2, 0) is 13.0 Å². The minimum atomic E-state index is 0.342. The van der Waals surface area contributed by atoms with Crippen LogP contribution in [0.15, 0.2) is 54.5 Å². The monoisotopic (exact) mass is 483 g/mol. The van der Waals surface area contributed by atoms with Crippen molar-refractivity contribution < 1.29 is 0 Å². The van der Waals surface area contributed by atoms with Crippen molar-refractivity contribution in [3.63, 3.8) is 0 Å². The van der Waals surface area contributed by atoms with E-state index in [1.54, 1.807) is 12.5 Å². The zero-order valence-corrected chi connectivity index (χ0v) is 22.8. The molecule has 1 saturated carbocycles. The van der Waals surface area contributed by atoms with Crippen LogP contribution in [-0.4, -0.2) is 19.5 Å². The van der Waals surface area contributed by atoms with Crippen LogP contribution in [0.4, 0.5) is 5.69 Å². The number of allylic oxidation sites excluding steroid dienone is 6. The fraction of sp³-hybridized carbons (Fsp3) is 0.452. The zero-order valence-electron chi connectivity index (χ0n) is 22.8. The largest absolute Gasteiger partial charge is 0.378 e. The molecule has 36 heavy (non-hydrogen) atoms. The smallest absolute Gasteiger partial charge is 0.115 e. The number of aryl methyl sites for hydroxylation is 1. The highest BCUT2D eigenvalue weighted by Crippen LogP contribution is 2.40. The van der Waals surface area contributed by atoms with Crippen LogP contribution < -0.4 is 5.32 Å². The summed E-state index contributed by atoms with van der Waals surface area (Å²) in [5, 5.41) is 3.72. The van der Waals surface area contributed by atoms with Gasteiger partial charge in [0.25, 0.3) is 0 Å². The topological polar surface area (TPSA) is 55.6 Å². The van der Waals surface area contributed by atoms with E-state index < -0.39 is 0 Å². The number of hydrogen-bond acceptors (Lipinski definition) is 4. The lowest BCUT2D eigenvalue weighted by molar-refractivity contribution is 0.369. The van der Waals surface area contributed by atoms with Gasteiger partial charge in [-0.1, -0.05) is 50.1 Å². The molecule has 0 saturated heterocycles. The first-order chi connectivity index (χ1) is 17.5. The Labute approximate surface area is 216 Å². The Balaban J connectivity index is 1.91. The van der Waals surface area contributed by atoms with E-state index in [-0.39, 0.29) is 0 Å². The zero-order chi connectivity index (χ0) is 25.7. The summed E-state index contributed by atoms with van der Waals surface area (Å²) < 4.78 is 2.46. The summed E-state index contributed by atoms with van der Waals surface area (Å²) in [6, 6.07) is 4.56. The highest BCUT2D eigenvalue weighted by molar-refractivity contribution is 5.95. The molecule has 0 radical (unpaired) electrons. The summed E-state index contributed by atoms with van der Waals surface area (Å²) in [6.07, 6.45) is 18.1. The molecule has 4 rings (SSSR count). The molecule has 1 N–H and O–H groups in total. The van der Waals surface area contributed by atoms with Crippen LogP contribution in [0.2, 0.25) is 0 Å². The fourth-order valence-corrected chi connectivity index (χ4v) is 5.23. The summed E-state index contributed by atoms with van der Waals surface area (Å²) in [7, 11) is 0. The van der Waals surface area contributed by atoms with Gasteiger partial charge in [0.1, 0.15) is 6.33 Å². The molecular weight excluding hydrogens is 442 g/mol. The molecule has 5 heteroatoms. The van der Waals surface area contributed by atoms with Crippen molar-refractivity contribution in [1.82, 2.24) is 19.5 Å². The van der Waals surface area contributed by atoms with Gasteiger partial charge in [0.2, 0.25) is 0 Å². The molecule has 0 spiro atoms. The maximum Gasteiger partial charge on any atom is 0.115 e. The minimum Gasteiger partial charge on any atom is -0.378 e. The lowest BCUT2D eigenvalue weighted by Crippen LogP contribution is -2.14. The molecule has 0 atom stereocenters. The molecule has 1 aliphatic carbocycles. The van der Waals surface area contributed by atoms with Gasteiger partial charge in [-0.05, 0) is 82.6 Å². The number of anilines is 1. The first-order valence-corrected chi connectivity index (χ1v) is 13.5. The Bertz CT molecular complexity index is 1270. The first kappa shape index (κ1) is 25.9. The number of nitrogens with zero attached hydrogens (tertiary/aromatic N) is 4. The molecule has 3 heterocycles. The van der Waals surface area contributed by atoms with Crippen molar-refractivity contribution in [1.29, 1.82) is 0 Å². The van der Waals surface area contributed by atoms with Crippen molar-refractivity contribution >= 4 is 22.3 Å². The van der Waals surface area contributed by atoms with Crippen molar-refractivity contribution in [2.75, 3.05) is 5.32 Å². The molecule has 3 aromatic rings. The minimum absolute atomic E-state index is 0.342. The van der Waals surface area contributed by atoms with Gasteiger partial charge in [0, 0.05) is 17.9 Å². The third-order valence-corrected chi connectivity index (χ3v) is 7.43. The highest BCUT2D eigenvalue weighted by Gasteiger charge is 2.24. The molecule has 1 aliphatic rings. The summed E-state index contributed by atoms with van der Waals surface area (Å²) in [5.74, 6) is 0.655. The third-order valence-electron chi connectivity index (χ3n) is 7.43. The first-order valence-electron chi connectivity index (χ1n) is 13.5. The van der Waals surface area contributed by atoms with Crippen molar-refractivity contribution in [2.24, 2.45) is 5.92 Å². The third kappa shape index (κ3) is 5.30. The van der Waals surface area contributed by atoms with Crippen molar-refractivity contribution in [3.05, 3.63) is 77.2 Å².